The van der Waals surface area contributed by atoms with Crippen molar-refractivity contribution < 1.29 is 18.3 Å². The predicted molar refractivity (Wildman–Crippen MR) is 73.7 cm³/mol. The number of hydrogen-bond donors (Lipinski definition) is 2. The van der Waals surface area contributed by atoms with Crippen molar-refractivity contribution in [2.24, 2.45) is 5.92 Å². The molecule has 18 heavy (non-hydrogen) atoms. The summed E-state index contributed by atoms with van der Waals surface area (Å²) in [6.45, 7) is 1.92. The van der Waals surface area contributed by atoms with Crippen LogP contribution in [0, 0.1) is 5.92 Å². The van der Waals surface area contributed by atoms with Crippen molar-refractivity contribution in [3.8, 4) is 0 Å². The monoisotopic (exact) mass is 291 g/mol. The Labute approximate surface area is 110 Å². The molecule has 0 fully saturated rings. The van der Waals surface area contributed by atoms with Crippen molar-refractivity contribution in [3.05, 3.63) is 22.6 Å². The summed E-state index contributed by atoms with van der Waals surface area (Å²) in [5.74, 6) is -0.855. The highest BCUT2D eigenvalue weighted by Gasteiger charge is 2.22. The van der Waals surface area contributed by atoms with Gasteiger partial charge in [0.15, 0.2) is 9.84 Å². The first-order valence-corrected chi connectivity index (χ1v) is 8.01. The third kappa shape index (κ3) is 4.19. The molecule has 3 atom stereocenters. The molecule has 0 amide bonds. The molecule has 5 nitrogen and oxygen atoms in total. The number of sulfone groups is 1. The summed E-state index contributed by atoms with van der Waals surface area (Å²) in [5.41, 5.74) is 0.747. The zero-order chi connectivity index (χ0) is 13.9. The summed E-state index contributed by atoms with van der Waals surface area (Å²) in [6.07, 6.45) is 5.44. The SMILES string of the molecule is CC1C=C(C[C@H](NP)C(=O)O)C=C(S(C)(=O)=O)C1. The minimum absolute atomic E-state index is 0.105. The summed E-state index contributed by atoms with van der Waals surface area (Å²) in [4.78, 5) is 11.3. The number of carbonyl (C=O) groups is 1. The van der Waals surface area contributed by atoms with Crippen LogP contribution in [-0.2, 0) is 14.6 Å². The average Bonchev–Trinajstić information content (AvgIpc) is 2.23. The molecule has 102 valence electrons. The molecule has 0 aliphatic heterocycles. The van der Waals surface area contributed by atoms with Crippen molar-refractivity contribution in [3.63, 3.8) is 0 Å². The molecular weight excluding hydrogens is 273 g/mol. The van der Waals surface area contributed by atoms with Crippen molar-refractivity contribution in [1.29, 1.82) is 0 Å². The Morgan fingerprint density at radius 2 is 2.28 bits per heavy atom. The maximum absolute atomic E-state index is 11.5. The molecule has 7 heteroatoms. The van der Waals surface area contributed by atoms with Gasteiger partial charge in [-0.1, -0.05) is 22.4 Å². The molecule has 0 radical (unpaired) electrons. The number of allylic oxidation sites excluding steroid dienone is 3. The Morgan fingerprint density at radius 1 is 1.67 bits per heavy atom. The zero-order valence-electron chi connectivity index (χ0n) is 10.4. The summed E-state index contributed by atoms with van der Waals surface area (Å²) in [5, 5.41) is 11.6. The normalized spacial score (nSPS) is 22.1. The van der Waals surface area contributed by atoms with Crippen molar-refractivity contribution in [2.45, 2.75) is 25.8 Å². The molecule has 1 aliphatic rings. The number of rotatable bonds is 5. The summed E-state index contributed by atoms with van der Waals surface area (Å²) in [6, 6.07) is -0.733. The van der Waals surface area contributed by atoms with Gasteiger partial charge in [-0.15, -0.1) is 0 Å². The van der Waals surface area contributed by atoms with Gasteiger partial charge in [-0.3, -0.25) is 9.88 Å². The van der Waals surface area contributed by atoms with Gasteiger partial charge in [-0.25, -0.2) is 8.42 Å². The van der Waals surface area contributed by atoms with E-state index in [4.69, 9.17) is 5.11 Å². The summed E-state index contributed by atoms with van der Waals surface area (Å²) in [7, 11) is -1.04. The van der Waals surface area contributed by atoms with E-state index in [0.29, 0.717) is 11.3 Å². The first-order valence-electron chi connectivity index (χ1n) is 5.54. The van der Waals surface area contributed by atoms with E-state index in [-0.39, 0.29) is 12.3 Å². The molecule has 0 bridgehead atoms. The van der Waals surface area contributed by atoms with E-state index in [2.05, 4.69) is 14.5 Å². The quantitative estimate of drug-likeness (QED) is 0.741. The Bertz CT molecular complexity index is 495. The zero-order valence-corrected chi connectivity index (χ0v) is 12.4. The second-order valence-electron chi connectivity index (χ2n) is 4.57. The second-order valence-corrected chi connectivity index (χ2v) is 6.97. The smallest absolute Gasteiger partial charge is 0.321 e. The van der Waals surface area contributed by atoms with Gasteiger partial charge in [0.25, 0.3) is 0 Å². The maximum atomic E-state index is 11.5. The van der Waals surface area contributed by atoms with E-state index in [1.165, 1.54) is 6.26 Å². The Kier molecular flexibility index (Phi) is 5.08. The van der Waals surface area contributed by atoms with Crippen molar-refractivity contribution in [2.75, 3.05) is 6.26 Å². The first kappa shape index (κ1) is 15.3. The third-order valence-corrected chi connectivity index (χ3v) is 4.42. The summed E-state index contributed by atoms with van der Waals surface area (Å²) >= 11 is 0. The Balaban J connectivity index is 2.95. The molecule has 1 aliphatic carbocycles. The lowest BCUT2D eigenvalue weighted by Gasteiger charge is -2.20. The molecule has 1 rings (SSSR count). The largest absolute Gasteiger partial charge is 0.480 e. The van der Waals surface area contributed by atoms with Crippen LogP contribution < -0.4 is 5.09 Å². The minimum atomic E-state index is -3.21. The highest BCUT2D eigenvalue weighted by atomic mass is 32.2. The lowest BCUT2D eigenvalue weighted by molar-refractivity contribution is -0.138. The minimum Gasteiger partial charge on any atom is -0.480 e. The topological polar surface area (TPSA) is 83.5 Å². The average molecular weight is 291 g/mol. The lowest BCUT2D eigenvalue weighted by Crippen LogP contribution is -2.30. The fourth-order valence-corrected chi connectivity index (χ4v) is 3.09. The number of carboxylic acids is 1. The van der Waals surface area contributed by atoms with Crippen LogP contribution in [0.3, 0.4) is 0 Å². The van der Waals surface area contributed by atoms with Crippen LogP contribution in [0.4, 0.5) is 0 Å². The fraction of sp³-hybridized carbons (Fsp3) is 0.545. The van der Waals surface area contributed by atoms with Crippen LogP contribution >= 0.6 is 9.39 Å². The van der Waals surface area contributed by atoms with Gasteiger partial charge < -0.3 is 5.11 Å². The van der Waals surface area contributed by atoms with Crippen LogP contribution in [0.2, 0.25) is 0 Å². The number of carboxylic acid groups (broad SMARTS) is 1. The van der Waals surface area contributed by atoms with Crippen molar-refractivity contribution in [1.82, 2.24) is 5.09 Å². The van der Waals surface area contributed by atoms with Crippen LogP contribution in [0.5, 0.6) is 0 Å². The first-order chi connectivity index (χ1) is 8.24. The molecular formula is C11H18NO4PS. The highest BCUT2D eigenvalue weighted by molar-refractivity contribution is 7.94. The fourth-order valence-electron chi connectivity index (χ4n) is 1.89. The molecule has 0 aromatic carbocycles. The van der Waals surface area contributed by atoms with E-state index in [1.807, 2.05) is 13.0 Å². The number of hydrogen-bond acceptors (Lipinski definition) is 4. The van der Waals surface area contributed by atoms with Crippen LogP contribution in [0.1, 0.15) is 19.8 Å². The summed E-state index contributed by atoms with van der Waals surface area (Å²) < 4.78 is 23.1. The standard InChI is InChI=1S/C11H18NO4PS/c1-7-3-8(6-10(12-17)11(13)14)5-9(4-7)18(2,15)16/h3,5,7,10,12H,4,6,17H2,1-2H3,(H,13,14)/t7?,10-/m0/s1. The van der Waals surface area contributed by atoms with E-state index in [9.17, 15) is 13.2 Å². The predicted octanol–water partition coefficient (Wildman–Crippen LogP) is 1.10. The van der Waals surface area contributed by atoms with Gasteiger partial charge in [0.2, 0.25) is 0 Å². The van der Waals surface area contributed by atoms with Gasteiger partial charge in [0.1, 0.15) is 6.04 Å². The second kappa shape index (κ2) is 5.95. The molecule has 0 saturated heterocycles. The molecule has 2 N–H and O–H groups in total. The third-order valence-electron chi connectivity index (χ3n) is 2.78. The molecule has 0 spiro atoms. The van der Waals surface area contributed by atoms with Gasteiger partial charge in [0.05, 0.1) is 0 Å². The van der Waals surface area contributed by atoms with Gasteiger partial charge in [0, 0.05) is 11.2 Å². The van der Waals surface area contributed by atoms with Gasteiger partial charge in [-0.05, 0) is 30.4 Å². The van der Waals surface area contributed by atoms with Crippen molar-refractivity contribution >= 4 is 25.2 Å². The maximum Gasteiger partial charge on any atom is 0.321 e. The van der Waals surface area contributed by atoms with Crippen LogP contribution in [0.25, 0.3) is 0 Å². The molecule has 0 heterocycles. The Hall–Kier alpha value is -0.710. The van der Waals surface area contributed by atoms with E-state index >= 15 is 0 Å². The van der Waals surface area contributed by atoms with E-state index in [0.717, 1.165) is 5.57 Å². The molecule has 2 unspecified atom stereocenters. The molecule has 0 aromatic rings. The Morgan fingerprint density at radius 3 is 2.72 bits per heavy atom. The molecule has 0 aromatic heterocycles. The lowest BCUT2D eigenvalue weighted by atomic mass is 9.94. The van der Waals surface area contributed by atoms with Crippen LogP contribution in [0.15, 0.2) is 22.6 Å². The van der Waals surface area contributed by atoms with E-state index < -0.39 is 21.8 Å². The number of nitrogens with one attached hydrogen (secondary N) is 1. The van der Waals surface area contributed by atoms with Gasteiger partial charge >= 0.3 is 5.97 Å². The number of aliphatic carboxylic acids is 1. The highest BCUT2D eigenvalue weighted by Crippen LogP contribution is 2.27. The van der Waals surface area contributed by atoms with Crippen LogP contribution in [-0.4, -0.2) is 31.8 Å². The molecule has 0 saturated carbocycles. The van der Waals surface area contributed by atoms with Gasteiger partial charge in [-0.2, -0.15) is 0 Å². The van der Waals surface area contributed by atoms with E-state index in [1.54, 1.807) is 6.08 Å².